The van der Waals surface area contributed by atoms with Crippen molar-refractivity contribution in [3.63, 3.8) is 0 Å². The maximum atomic E-state index is 13.1. The summed E-state index contributed by atoms with van der Waals surface area (Å²) in [4.78, 5) is 49.5. The van der Waals surface area contributed by atoms with Crippen LogP contribution in [0.25, 0.3) is 0 Å². The van der Waals surface area contributed by atoms with Gasteiger partial charge in [0.1, 0.15) is 18.4 Å². The first-order valence-corrected chi connectivity index (χ1v) is 13.4. The van der Waals surface area contributed by atoms with Crippen molar-refractivity contribution < 1.29 is 28.7 Å². The van der Waals surface area contributed by atoms with E-state index in [0.717, 1.165) is 27.9 Å². The van der Waals surface area contributed by atoms with Crippen LogP contribution in [0.1, 0.15) is 68.7 Å². The van der Waals surface area contributed by atoms with E-state index in [1.54, 1.807) is 40.7 Å². The lowest BCUT2D eigenvalue weighted by atomic mass is 9.71. The number of allylic oxidation sites excluding steroid dienone is 13. The molecule has 0 fully saturated rings. The molecule has 0 saturated heterocycles. The molecule has 1 aliphatic carbocycles. The van der Waals surface area contributed by atoms with E-state index in [9.17, 15) is 19.2 Å². The predicted octanol–water partition coefficient (Wildman–Crippen LogP) is 6.79. The van der Waals surface area contributed by atoms with E-state index < -0.39 is 29.2 Å². The SMILES string of the molecule is CC(C=O)=CC=CC=C(C)C=CC=C(C)C=CC1=C(C)C(=O)[C@@H](OC(=O)CN(C)C(=O)OC(C)(C)C)CC1(C)C. The van der Waals surface area contributed by atoms with Crippen LogP contribution in [0.5, 0.6) is 0 Å². The number of nitrogens with zero attached hydrogens (tertiary/aromatic N) is 1. The van der Waals surface area contributed by atoms with Gasteiger partial charge in [0.15, 0.2) is 11.9 Å². The molecule has 1 atom stereocenters. The summed E-state index contributed by atoms with van der Waals surface area (Å²) in [6, 6.07) is 0. The number of rotatable bonds is 10. The monoisotopic (exact) mass is 551 g/mol. The molecule has 0 saturated carbocycles. The van der Waals surface area contributed by atoms with E-state index in [-0.39, 0.29) is 12.3 Å². The zero-order valence-electron chi connectivity index (χ0n) is 25.7. The number of amides is 1. The second kappa shape index (κ2) is 15.2. The van der Waals surface area contributed by atoms with Gasteiger partial charge >= 0.3 is 12.1 Å². The summed E-state index contributed by atoms with van der Waals surface area (Å²) in [6.07, 6.45) is 16.8. The Bertz CT molecular complexity index is 1180. The molecule has 0 aromatic carbocycles. The largest absolute Gasteiger partial charge is 0.453 e. The summed E-state index contributed by atoms with van der Waals surface area (Å²) in [5.41, 5.74) is 3.08. The molecule has 7 heteroatoms. The first-order chi connectivity index (χ1) is 18.5. The Hall–Kier alpha value is -3.74. The molecule has 7 nitrogen and oxygen atoms in total. The van der Waals surface area contributed by atoms with E-state index in [2.05, 4.69) is 0 Å². The molecule has 0 unspecified atom stereocenters. The van der Waals surface area contributed by atoms with E-state index >= 15 is 0 Å². The van der Waals surface area contributed by atoms with Crippen molar-refractivity contribution in [2.75, 3.05) is 13.6 Å². The van der Waals surface area contributed by atoms with Crippen molar-refractivity contribution in [3.8, 4) is 0 Å². The highest BCUT2D eigenvalue weighted by Crippen LogP contribution is 2.40. The number of likely N-dealkylation sites (N-methyl/N-ethyl adjacent to an activating group) is 1. The second-order valence-electron chi connectivity index (χ2n) is 11.7. The molecule has 1 amide bonds. The number of aldehydes is 1. The minimum atomic E-state index is -0.909. The Labute approximate surface area is 239 Å². The Morgan fingerprint density at radius 2 is 1.52 bits per heavy atom. The highest BCUT2D eigenvalue weighted by molar-refractivity contribution is 6.01. The number of ketones is 1. The molecule has 1 rings (SSSR count). The lowest BCUT2D eigenvalue weighted by Gasteiger charge is -2.36. The van der Waals surface area contributed by atoms with Gasteiger partial charge in [0.25, 0.3) is 0 Å². The Morgan fingerprint density at radius 3 is 2.10 bits per heavy atom. The zero-order valence-corrected chi connectivity index (χ0v) is 25.7. The first kappa shape index (κ1) is 34.3. The number of hydrogen-bond acceptors (Lipinski definition) is 6. The molecule has 0 aromatic rings. The first-order valence-electron chi connectivity index (χ1n) is 13.4. The van der Waals surface area contributed by atoms with Crippen LogP contribution in [-0.4, -0.2) is 54.3 Å². The Balaban J connectivity index is 2.89. The quantitative estimate of drug-likeness (QED) is 0.129. The van der Waals surface area contributed by atoms with Crippen LogP contribution in [0.15, 0.2) is 82.5 Å². The second-order valence-corrected chi connectivity index (χ2v) is 11.7. The van der Waals surface area contributed by atoms with Crippen LogP contribution >= 0.6 is 0 Å². The topological polar surface area (TPSA) is 90.0 Å². The molecular weight excluding hydrogens is 506 g/mol. The van der Waals surface area contributed by atoms with Gasteiger partial charge in [-0.15, -0.1) is 0 Å². The van der Waals surface area contributed by atoms with Gasteiger partial charge in [0.05, 0.1) is 0 Å². The molecule has 0 aromatic heterocycles. The molecule has 218 valence electrons. The normalized spacial score (nSPS) is 19.1. The minimum absolute atomic E-state index is 0.235. The maximum absolute atomic E-state index is 13.1. The van der Waals surface area contributed by atoms with Gasteiger partial charge in [-0.1, -0.05) is 79.7 Å². The van der Waals surface area contributed by atoms with Crippen molar-refractivity contribution in [1.82, 2.24) is 4.90 Å². The number of carbonyl (C=O) groups excluding carboxylic acids is 4. The molecule has 0 heterocycles. The fourth-order valence-corrected chi connectivity index (χ4v) is 3.92. The van der Waals surface area contributed by atoms with E-state index in [4.69, 9.17) is 9.47 Å². The van der Waals surface area contributed by atoms with Crippen LogP contribution in [-0.2, 0) is 23.9 Å². The Kier molecular flexibility index (Phi) is 13.0. The molecule has 40 heavy (non-hydrogen) atoms. The third-order valence-corrected chi connectivity index (χ3v) is 6.08. The molecule has 0 spiro atoms. The highest BCUT2D eigenvalue weighted by atomic mass is 16.6. The van der Waals surface area contributed by atoms with Gasteiger partial charge in [0.2, 0.25) is 0 Å². The summed E-state index contributed by atoms with van der Waals surface area (Å²) < 4.78 is 10.8. The van der Waals surface area contributed by atoms with Crippen molar-refractivity contribution in [3.05, 3.63) is 82.5 Å². The van der Waals surface area contributed by atoms with Gasteiger partial charge in [-0.3, -0.25) is 14.4 Å². The summed E-state index contributed by atoms with van der Waals surface area (Å²) >= 11 is 0. The average Bonchev–Trinajstić information content (AvgIpc) is 2.83. The summed E-state index contributed by atoms with van der Waals surface area (Å²) in [7, 11) is 1.45. The van der Waals surface area contributed by atoms with Gasteiger partial charge in [-0.05, 0) is 70.6 Å². The van der Waals surface area contributed by atoms with Crippen LogP contribution < -0.4 is 0 Å². The number of hydrogen-bond donors (Lipinski definition) is 0. The van der Waals surface area contributed by atoms with Gasteiger partial charge in [0, 0.05) is 13.5 Å². The zero-order chi connectivity index (χ0) is 30.7. The van der Waals surface area contributed by atoms with Gasteiger partial charge in [-0.25, -0.2) is 4.79 Å². The van der Waals surface area contributed by atoms with E-state index in [1.807, 2.05) is 76.3 Å². The van der Waals surface area contributed by atoms with Crippen LogP contribution in [0, 0.1) is 5.41 Å². The minimum Gasteiger partial charge on any atom is -0.453 e. The van der Waals surface area contributed by atoms with E-state index in [1.165, 1.54) is 7.05 Å². The van der Waals surface area contributed by atoms with Crippen molar-refractivity contribution in [1.29, 1.82) is 0 Å². The number of carbonyl (C=O) groups is 4. The summed E-state index contributed by atoms with van der Waals surface area (Å²) in [5.74, 6) is -0.895. The number of ether oxygens (including phenoxy) is 2. The molecule has 0 N–H and O–H groups in total. The molecular formula is C33H45NO6. The maximum Gasteiger partial charge on any atom is 0.410 e. The predicted molar refractivity (Wildman–Crippen MR) is 160 cm³/mol. The molecule has 0 radical (unpaired) electrons. The average molecular weight is 552 g/mol. The van der Waals surface area contributed by atoms with E-state index in [0.29, 0.717) is 17.6 Å². The third kappa shape index (κ3) is 12.0. The Morgan fingerprint density at radius 1 is 0.975 bits per heavy atom. The van der Waals surface area contributed by atoms with Crippen LogP contribution in [0.2, 0.25) is 0 Å². The highest BCUT2D eigenvalue weighted by Gasteiger charge is 2.40. The lowest BCUT2D eigenvalue weighted by Crippen LogP contribution is -2.42. The standard InChI is InChI=1S/C33H45NO6/c1-23(14-11-12-15-25(3)22-35)16-13-17-24(2)18-19-27-26(4)30(37)28(20-33(27,8)9)39-29(36)21-34(10)31(38)40-32(5,6)7/h11-19,22,28H,20-21H2,1-10H3/t28-/m0/s1. The van der Waals surface area contributed by atoms with Gasteiger partial charge < -0.3 is 14.4 Å². The molecule has 1 aliphatic rings. The smallest absolute Gasteiger partial charge is 0.410 e. The van der Waals surface area contributed by atoms with Crippen LogP contribution in [0.3, 0.4) is 0 Å². The summed E-state index contributed by atoms with van der Waals surface area (Å²) in [6.45, 7) is 16.4. The lowest BCUT2D eigenvalue weighted by molar-refractivity contribution is -0.156. The number of Topliss-reactive ketones (excluding diaryl/α,β-unsaturated/α-hetero) is 1. The number of esters is 1. The van der Waals surface area contributed by atoms with Crippen molar-refractivity contribution >= 4 is 24.1 Å². The fourth-order valence-electron chi connectivity index (χ4n) is 3.92. The molecule has 0 bridgehead atoms. The van der Waals surface area contributed by atoms with Crippen molar-refractivity contribution in [2.24, 2.45) is 5.41 Å². The van der Waals surface area contributed by atoms with Gasteiger partial charge in [-0.2, -0.15) is 0 Å². The van der Waals surface area contributed by atoms with Crippen molar-refractivity contribution in [2.45, 2.75) is 80.4 Å². The molecule has 0 aliphatic heterocycles. The van der Waals surface area contributed by atoms with Crippen LogP contribution in [0.4, 0.5) is 4.79 Å². The fraction of sp³-hybridized carbons (Fsp3) is 0.455. The summed E-state index contributed by atoms with van der Waals surface area (Å²) in [5, 5.41) is 0. The third-order valence-electron chi connectivity index (χ3n) is 6.08.